The van der Waals surface area contributed by atoms with Crippen molar-refractivity contribution >= 4 is 28.0 Å². The number of aromatic nitrogens is 2. The fourth-order valence-electron chi connectivity index (χ4n) is 3.68. The second-order valence-electron chi connectivity index (χ2n) is 7.54. The van der Waals surface area contributed by atoms with Gasteiger partial charge in [-0.25, -0.2) is 4.98 Å². The highest BCUT2D eigenvalue weighted by Gasteiger charge is 2.32. The summed E-state index contributed by atoms with van der Waals surface area (Å²) in [5, 5.41) is 1.76. The van der Waals surface area contributed by atoms with Gasteiger partial charge in [-0.3, -0.25) is 9.88 Å². The molecule has 0 spiro atoms. The smallest absolute Gasteiger partial charge is 0.295 e. The highest BCUT2D eigenvalue weighted by Crippen LogP contribution is 2.41. The predicted octanol–water partition coefficient (Wildman–Crippen LogP) is 7.75. The summed E-state index contributed by atoms with van der Waals surface area (Å²) in [7, 11) is 0. The number of benzene rings is 2. The van der Waals surface area contributed by atoms with E-state index < -0.39 is 23.5 Å². The molecule has 0 fully saturated rings. The van der Waals surface area contributed by atoms with Crippen molar-refractivity contribution in [3.05, 3.63) is 89.4 Å². The Labute approximate surface area is 185 Å². The van der Waals surface area contributed by atoms with E-state index >= 15 is 0 Å². The number of aryl methyl sites for hydroxylation is 2. The molecule has 0 saturated heterocycles. The molecule has 0 amide bonds. The summed E-state index contributed by atoms with van der Waals surface area (Å²) in [6.07, 6.45) is -5.04. The molecule has 0 unspecified atom stereocenters. The number of rotatable bonds is 3. The van der Waals surface area contributed by atoms with Crippen molar-refractivity contribution in [2.45, 2.75) is 26.2 Å². The standard InChI is InChI=1S/C24H17F6N3/c1-14-11-21(15(2)19-9-10-31-13-20(14)19)33(18-6-3-16(4-7-18)23(25,26)27)22-8-5-17(12-32-22)24(28,29)30/h3-13H,1-2H3. The second-order valence-corrected chi connectivity index (χ2v) is 7.54. The summed E-state index contributed by atoms with van der Waals surface area (Å²) in [5.74, 6) is 0.138. The maximum absolute atomic E-state index is 13.1. The van der Waals surface area contributed by atoms with Gasteiger partial charge in [-0.05, 0) is 78.9 Å². The molecule has 2 heterocycles. The number of pyridine rings is 2. The van der Waals surface area contributed by atoms with Crippen LogP contribution in [0.5, 0.6) is 0 Å². The van der Waals surface area contributed by atoms with Crippen molar-refractivity contribution < 1.29 is 26.3 Å². The van der Waals surface area contributed by atoms with Gasteiger partial charge in [0, 0.05) is 29.7 Å². The van der Waals surface area contributed by atoms with Gasteiger partial charge in [-0.15, -0.1) is 0 Å². The van der Waals surface area contributed by atoms with E-state index in [0.29, 0.717) is 17.6 Å². The first-order valence-electron chi connectivity index (χ1n) is 9.81. The summed E-state index contributed by atoms with van der Waals surface area (Å²) in [5.41, 5.74) is 0.784. The Morgan fingerprint density at radius 2 is 1.36 bits per heavy atom. The summed E-state index contributed by atoms with van der Waals surface area (Å²) < 4.78 is 78.4. The van der Waals surface area contributed by atoms with E-state index in [9.17, 15) is 26.3 Å². The molecule has 2 aromatic carbocycles. The summed E-state index contributed by atoms with van der Waals surface area (Å²) in [6, 6.07) is 10.1. The number of hydrogen-bond acceptors (Lipinski definition) is 3. The van der Waals surface area contributed by atoms with Crippen molar-refractivity contribution in [2.75, 3.05) is 4.90 Å². The number of halogens is 6. The molecule has 0 atom stereocenters. The van der Waals surface area contributed by atoms with Crippen LogP contribution in [0.3, 0.4) is 0 Å². The monoisotopic (exact) mass is 461 g/mol. The van der Waals surface area contributed by atoms with Crippen LogP contribution < -0.4 is 4.90 Å². The van der Waals surface area contributed by atoms with E-state index in [0.717, 1.165) is 40.1 Å². The predicted molar refractivity (Wildman–Crippen MR) is 114 cm³/mol. The second kappa shape index (κ2) is 8.06. The molecule has 0 aliphatic heterocycles. The topological polar surface area (TPSA) is 29.0 Å². The number of fused-ring (bicyclic) bond motifs is 1. The molecule has 0 bridgehead atoms. The zero-order chi connectivity index (χ0) is 24.0. The normalized spacial score (nSPS) is 12.2. The van der Waals surface area contributed by atoms with Crippen LogP contribution >= 0.6 is 0 Å². The lowest BCUT2D eigenvalue weighted by Gasteiger charge is -2.27. The number of nitrogens with zero attached hydrogens (tertiary/aromatic N) is 3. The van der Waals surface area contributed by atoms with Gasteiger partial charge >= 0.3 is 12.4 Å². The van der Waals surface area contributed by atoms with Crippen LogP contribution in [0.1, 0.15) is 22.3 Å². The zero-order valence-electron chi connectivity index (χ0n) is 17.5. The van der Waals surface area contributed by atoms with Crippen molar-refractivity contribution in [2.24, 2.45) is 0 Å². The fourth-order valence-corrected chi connectivity index (χ4v) is 3.68. The SMILES string of the molecule is Cc1cc(N(c2ccc(C(F)(F)F)cc2)c2ccc(C(F)(F)F)cn2)c(C)c2ccncc12. The first kappa shape index (κ1) is 22.6. The van der Waals surface area contributed by atoms with Gasteiger partial charge in [0.15, 0.2) is 0 Å². The highest BCUT2D eigenvalue weighted by atomic mass is 19.4. The van der Waals surface area contributed by atoms with Gasteiger partial charge in [-0.2, -0.15) is 26.3 Å². The molecule has 2 aromatic heterocycles. The van der Waals surface area contributed by atoms with E-state index in [2.05, 4.69) is 9.97 Å². The lowest BCUT2D eigenvalue weighted by molar-refractivity contribution is -0.138. The van der Waals surface area contributed by atoms with Crippen LogP contribution in [-0.2, 0) is 12.4 Å². The Morgan fingerprint density at radius 3 is 1.94 bits per heavy atom. The minimum atomic E-state index is -4.56. The van der Waals surface area contributed by atoms with Gasteiger partial charge in [0.2, 0.25) is 0 Å². The molecule has 0 aliphatic rings. The molecular weight excluding hydrogens is 444 g/mol. The maximum Gasteiger partial charge on any atom is 0.417 e. The Morgan fingerprint density at radius 1 is 0.727 bits per heavy atom. The quantitative estimate of drug-likeness (QED) is 0.292. The molecule has 3 nitrogen and oxygen atoms in total. The van der Waals surface area contributed by atoms with E-state index in [1.165, 1.54) is 18.2 Å². The first-order chi connectivity index (χ1) is 15.5. The molecule has 4 aromatic rings. The third kappa shape index (κ3) is 4.35. The van der Waals surface area contributed by atoms with Crippen molar-refractivity contribution in [3.8, 4) is 0 Å². The van der Waals surface area contributed by atoms with Crippen molar-refractivity contribution in [1.82, 2.24) is 9.97 Å². The highest BCUT2D eigenvalue weighted by molar-refractivity contribution is 5.94. The van der Waals surface area contributed by atoms with E-state index in [1.807, 2.05) is 26.0 Å². The summed E-state index contributed by atoms with van der Waals surface area (Å²) >= 11 is 0. The maximum atomic E-state index is 13.1. The van der Waals surface area contributed by atoms with Crippen LogP contribution in [-0.4, -0.2) is 9.97 Å². The van der Waals surface area contributed by atoms with Gasteiger partial charge in [0.25, 0.3) is 0 Å². The van der Waals surface area contributed by atoms with Crippen LogP contribution in [0.2, 0.25) is 0 Å². The van der Waals surface area contributed by atoms with Gasteiger partial charge in [0.05, 0.1) is 16.8 Å². The first-order valence-corrected chi connectivity index (χ1v) is 9.81. The van der Waals surface area contributed by atoms with E-state index in [4.69, 9.17) is 0 Å². The third-order valence-electron chi connectivity index (χ3n) is 5.39. The molecule has 9 heteroatoms. The van der Waals surface area contributed by atoms with Crippen molar-refractivity contribution in [3.63, 3.8) is 0 Å². The molecule has 0 saturated carbocycles. The molecule has 170 valence electrons. The average Bonchev–Trinajstić information content (AvgIpc) is 2.77. The van der Waals surface area contributed by atoms with E-state index in [1.54, 1.807) is 17.3 Å². The van der Waals surface area contributed by atoms with Crippen molar-refractivity contribution in [1.29, 1.82) is 0 Å². The molecular formula is C24H17F6N3. The third-order valence-corrected chi connectivity index (χ3v) is 5.39. The summed E-state index contributed by atoms with van der Waals surface area (Å²) in [6.45, 7) is 3.69. The van der Waals surface area contributed by atoms with Gasteiger partial charge in [0.1, 0.15) is 5.82 Å². The minimum Gasteiger partial charge on any atom is -0.295 e. The lowest BCUT2D eigenvalue weighted by atomic mass is 9.99. The van der Waals surface area contributed by atoms with Crippen LogP contribution in [0.4, 0.5) is 43.5 Å². The largest absolute Gasteiger partial charge is 0.417 e. The lowest BCUT2D eigenvalue weighted by Crippen LogP contribution is -2.15. The molecule has 4 rings (SSSR count). The number of alkyl halides is 6. The average molecular weight is 461 g/mol. The summed E-state index contributed by atoms with van der Waals surface area (Å²) in [4.78, 5) is 9.67. The molecule has 0 aliphatic carbocycles. The Balaban J connectivity index is 1.92. The zero-order valence-corrected chi connectivity index (χ0v) is 17.5. The minimum absolute atomic E-state index is 0.138. The fraction of sp³-hybridized carbons (Fsp3) is 0.167. The Hall–Kier alpha value is -3.62. The number of hydrogen-bond donors (Lipinski definition) is 0. The van der Waals surface area contributed by atoms with Crippen LogP contribution in [0.15, 0.2) is 67.1 Å². The number of anilines is 3. The molecule has 0 radical (unpaired) electrons. The van der Waals surface area contributed by atoms with Gasteiger partial charge in [-0.1, -0.05) is 0 Å². The van der Waals surface area contributed by atoms with Gasteiger partial charge < -0.3 is 0 Å². The Bertz CT molecular complexity index is 1240. The molecule has 33 heavy (non-hydrogen) atoms. The van der Waals surface area contributed by atoms with Crippen LogP contribution in [0, 0.1) is 13.8 Å². The van der Waals surface area contributed by atoms with E-state index in [-0.39, 0.29) is 5.82 Å². The van der Waals surface area contributed by atoms with Crippen LogP contribution in [0.25, 0.3) is 10.8 Å². The molecule has 0 N–H and O–H groups in total. The Kier molecular flexibility index (Phi) is 5.51.